The van der Waals surface area contributed by atoms with Crippen molar-refractivity contribution in [2.45, 2.75) is 62.1 Å². The van der Waals surface area contributed by atoms with Crippen LogP contribution in [0.4, 0.5) is 5.69 Å². The van der Waals surface area contributed by atoms with Crippen molar-refractivity contribution in [3.05, 3.63) is 137 Å². The molecule has 236 valence electrons. The van der Waals surface area contributed by atoms with E-state index in [9.17, 15) is 18.3 Å². The van der Waals surface area contributed by atoms with Crippen LogP contribution < -0.4 is 4.72 Å². The highest BCUT2D eigenvalue weighted by molar-refractivity contribution is 7.92. The molecule has 1 aliphatic rings. The number of rotatable bonds is 12. The largest absolute Gasteiger partial charge is 0.512 e. The number of aliphatic hydroxyl groups is 1. The van der Waals surface area contributed by atoms with Gasteiger partial charge < -0.3 is 14.8 Å². The molecule has 46 heavy (non-hydrogen) atoms. The lowest BCUT2D eigenvalue weighted by molar-refractivity contribution is -0.161. The summed E-state index contributed by atoms with van der Waals surface area (Å²) in [7, 11) is -4.01. The van der Waals surface area contributed by atoms with Crippen LogP contribution in [0.3, 0.4) is 0 Å². The van der Waals surface area contributed by atoms with Gasteiger partial charge in [-0.3, -0.25) is 4.72 Å². The topological polar surface area (TPSA) is 121 Å². The second kappa shape index (κ2) is 13.2. The number of hydrogen-bond acceptors (Lipinski definition) is 6. The first-order chi connectivity index (χ1) is 22.2. The number of para-hydroxylation sites is 2. The molecule has 3 N–H and O–H groups in total. The maximum Gasteiger partial charge on any atom is 0.338 e. The Morgan fingerprint density at radius 1 is 0.891 bits per heavy atom. The molecular formula is C37H37N3O5S. The van der Waals surface area contributed by atoms with E-state index >= 15 is 0 Å². The van der Waals surface area contributed by atoms with Gasteiger partial charge >= 0.3 is 5.97 Å². The van der Waals surface area contributed by atoms with Crippen LogP contribution in [0.25, 0.3) is 11.0 Å². The summed E-state index contributed by atoms with van der Waals surface area (Å²) < 4.78 is 35.3. The molecule has 0 fully saturated rings. The van der Waals surface area contributed by atoms with E-state index in [2.05, 4.69) is 39.0 Å². The van der Waals surface area contributed by atoms with Crippen LogP contribution >= 0.6 is 0 Å². The number of nitrogens with zero attached hydrogens (tertiary/aromatic N) is 1. The van der Waals surface area contributed by atoms with Gasteiger partial charge in [0.1, 0.15) is 11.4 Å². The maximum absolute atomic E-state index is 13.8. The highest BCUT2D eigenvalue weighted by atomic mass is 32.2. The van der Waals surface area contributed by atoms with Gasteiger partial charge in [-0.25, -0.2) is 9.78 Å². The Morgan fingerprint density at radius 2 is 1.52 bits per heavy atom. The molecule has 6 rings (SSSR count). The maximum atomic E-state index is 13.8. The smallest absolute Gasteiger partial charge is 0.338 e. The van der Waals surface area contributed by atoms with E-state index in [0.717, 1.165) is 11.1 Å². The fourth-order valence-corrected chi connectivity index (χ4v) is 7.27. The standard InChI is InChI=1S/C37H37N3O5S/c1-2-30(28-16-11-17-29(24-28)40-46(43,44)36-38-31-18-9-10-19-32(31)39-36)34-33(41)25-37(45-35(34)42,22-20-26-12-5-3-6-13-26)23-21-27-14-7-4-8-15-27/h3-19,24,30,40-41H,2,20-23,25H2,1H3,(H,38,39). The number of aromatic amines is 1. The molecule has 1 unspecified atom stereocenters. The average Bonchev–Trinajstić information content (AvgIpc) is 3.51. The zero-order valence-corrected chi connectivity index (χ0v) is 26.5. The van der Waals surface area contributed by atoms with Gasteiger partial charge in [0.15, 0.2) is 0 Å². The van der Waals surface area contributed by atoms with Gasteiger partial charge in [-0.1, -0.05) is 91.9 Å². The minimum absolute atomic E-state index is 0.0254. The van der Waals surface area contributed by atoms with Gasteiger partial charge in [0.25, 0.3) is 10.0 Å². The van der Waals surface area contributed by atoms with Crippen LogP contribution in [0.5, 0.6) is 0 Å². The van der Waals surface area contributed by atoms with Gasteiger partial charge in [0.05, 0.1) is 16.6 Å². The number of sulfonamides is 1. The van der Waals surface area contributed by atoms with Crippen molar-refractivity contribution in [3.8, 4) is 0 Å². The fourth-order valence-electron chi connectivity index (χ4n) is 6.27. The zero-order valence-electron chi connectivity index (χ0n) is 25.6. The average molecular weight is 636 g/mol. The zero-order chi connectivity index (χ0) is 32.1. The Kier molecular flexibility index (Phi) is 8.94. The van der Waals surface area contributed by atoms with Gasteiger partial charge in [0.2, 0.25) is 5.16 Å². The molecule has 0 radical (unpaired) electrons. The van der Waals surface area contributed by atoms with Crippen LogP contribution in [0.15, 0.2) is 126 Å². The second-order valence-corrected chi connectivity index (χ2v) is 13.4. The number of carbonyl (C=O) groups excluding carboxylic acids is 1. The van der Waals surface area contributed by atoms with E-state index in [-0.39, 0.29) is 22.9 Å². The van der Waals surface area contributed by atoms with Gasteiger partial charge in [-0.15, -0.1) is 0 Å². The summed E-state index contributed by atoms with van der Waals surface area (Å²) >= 11 is 0. The monoisotopic (exact) mass is 635 g/mol. The number of aromatic nitrogens is 2. The van der Waals surface area contributed by atoms with Crippen LogP contribution in [-0.2, 0) is 32.4 Å². The molecule has 2 heterocycles. The fraction of sp³-hybridized carbons (Fsp3) is 0.243. The van der Waals surface area contributed by atoms with Gasteiger partial charge in [-0.2, -0.15) is 8.42 Å². The van der Waals surface area contributed by atoms with Crippen molar-refractivity contribution in [2.75, 3.05) is 4.72 Å². The minimum atomic E-state index is -4.01. The predicted molar refractivity (Wildman–Crippen MR) is 179 cm³/mol. The molecule has 0 bridgehead atoms. The van der Waals surface area contributed by atoms with E-state index in [0.29, 0.717) is 54.4 Å². The van der Waals surface area contributed by atoms with Crippen molar-refractivity contribution in [1.29, 1.82) is 0 Å². The number of H-pyrrole nitrogens is 1. The predicted octanol–water partition coefficient (Wildman–Crippen LogP) is 7.62. The van der Waals surface area contributed by atoms with Crippen molar-refractivity contribution in [1.82, 2.24) is 9.97 Å². The molecule has 1 aliphatic heterocycles. The highest BCUT2D eigenvalue weighted by Crippen LogP contribution is 2.42. The first-order valence-corrected chi connectivity index (χ1v) is 17.0. The van der Waals surface area contributed by atoms with Gasteiger partial charge in [-0.05, 0) is 73.1 Å². The number of benzene rings is 4. The van der Waals surface area contributed by atoms with E-state index in [1.165, 1.54) is 0 Å². The lowest BCUT2D eigenvalue weighted by Gasteiger charge is -2.39. The van der Waals surface area contributed by atoms with Crippen LogP contribution in [0.1, 0.15) is 55.2 Å². The summed E-state index contributed by atoms with van der Waals surface area (Å²) in [5.41, 5.74) is 3.80. The molecule has 0 aliphatic carbocycles. The van der Waals surface area contributed by atoms with Crippen LogP contribution in [0, 0.1) is 0 Å². The number of cyclic esters (lactones) is 1. The Bertz CT molecular complexity index is 1890. The number of aliphatic hydroxyl groups excluding tert-OH is 1. The summed E-state index contributed by atoms with van der Waals surface area (Å²) in [4.78, 5) is 20.9. The Hall–Kier alpha value is -4.89. The number of hydrogen-bond donors (Lipinski definition) is 3. The number of anilines is 1. The number of ether oxygens (including phenoxy) is 1. The van der Waals surface area contributed by atoms with Gasteiger partial charge in [0, 0.05) is 18.0 Å². The first kappa shape index (κ1) is 31.1. The molecule has 5 aromatic rings. The number of aryl methyl sites for hydroxylation is 2. The molecule has 0 saturated carbocycles. The second-order valence-electron chi connectivity index (χ2n) is 11.8. The molecule has 9 heteroatoms. The molecule has 0 amide bonds. The summed E-state index contributed by atoms with van der Waals surface area (Å²) in [6.07, 6.45) is 3.26. The Morgan fingerprint density at radius 3 is 2.13 bits per heavy atom. The Labute approximate surface area is 269 Å². The summed E-state index contributed by atoms with van der Waals surface area (Å²) in [5.74, 6) is -1.01. The number of carbonyl (C=O) groups is 1. The first-order valence-electron chi connectivity index (χ1n) is 15.6. The molecular weight excluding hydrogens is 598 g/mol. The Balaban J connectivity index is 1.26. The normalized spacial score (nSPS) is 15.5. The van der Waals surface area contributed by atoms with Crippen LogP contribution in [0.2, 0.25) is 0 Å². The summed E-state index contributed by atoms with van der Waals surface area (Å²) in [6, 6.07) is 34.1. The molecule has 1 atom stereocenters. The van der Waals surface area contributed by atoms with E-state index in [4.69, 9.17) is 4.74 Å². The lowest BCUT2D eigenvalue weighted by atomic mass is 9.79. The third-order valence-electron chi connectivity index (χ3n) is 8.67. The molecule has 0 spiro atoms. The van der Waals surface area contributed by atoms with Crippen molar-refractivity contribution in [3.63, 3.8) is 0 Å². The van der Waals surface area contributed by atoms with Crippen molar-refractivity contribution < 1.29 is 23.1 Å². The van der Waals surface area contributed by atoms with E-state index in [1.54, 1.807) is 42.5 Å². The van der Waals surface area contributed by atoms with E-state index < -0.39 is 27.5 Å². The number of fused-ring (bicyclic) bond motifs is 1. The molecule has 1 aromatic heterocycles. The number of esters is 1. The summed E-state index contributed by atoms with van der Waals surface area (Å²) in [5, 5.41) is 11.4. The third-order valence-corrected chi connectivity index (χ3v) is 9.88. The number of imidazole rings is 1. The third kappa shape index (κ3) is 6.84. The molecule has 4 aromatic carbocycles. The molecule has 8 nitrogen and oxygen atoms in total. The minimum Gasteiger partial charge on any atom is -0.512 e. The van der Waals surface area contributed by atoms with Crippen molar-refractivity contribution in [2.24, 2.45) is 0 Å². The molecule has 0 saturated heterocycles. The lowest BCUT2D eigenvalue weighted by Crippen LogP contribution is -2.42. The van der Waals surface area contributed by atoms with Crippen molar-refractivity contribution >= 4 is 32.7 Å². The number of nitrogens with one attached hydrogen (secondary N) is 2. The SMILES string of the molecule is CCC(C1=C(O)CC(CCc2ccccc2)(CCc2ccccc2)OC1=O)c1cccc(NS(=O)(=O)c2nc3ccccc3[nH]2)c1. The quantitative estimate of drug-likeness (QED) is 0.121. The van der Waals surface area contributed by atoms with E-state index in [1.807, 2.05) is 49.4 Å². The highest BCUT2D eigenvalue weighted by Gasteiger charge is 2.43. The van der Waals surface area contributed by atoms with Crippen LogP contribution in [-0.4, -0.2) is 35.1 Å². The summed E-state index contributed by atoms with van der Waals surface area (Å²) in [6.45, 7) is 1.93.